The molecule has 0 bridgehead atoms. The maximum atomic E-state index is 6.16. The molecule has 0 aliphatic heterocycles. The Morgan fingerprint density at radius 2 is 2.06 bits per heavy atom. The van der Waals surface area contributed by atoms with Gasteiger partial charge in [0.2, 0.25) is 0 Å². The minimum atomic E-state index is 0.291. The highest BCUT2D eigenvalue weighted by atomic mass is 35.5. The van der Waals surface area contributed by atoms with Gasteiger partial charge in [-0.05, 0) is 44.0 Å². The fraction of sp³-hybridized carbons (Fsp3) is 0.714. The Kier molecular flexibility index (Phi) is 6.12. The Bertz CT molecular complexity index is 357. The van der Waals surface area contributed by atoms with Crippen LogP contribution in [0.1, 0.15) is 38.5 Å². The van der Waals surface area contributed by atoms with Gasteiger partial charge >= 0.3 is 0 Å². The minimum Gasteiger partial charge on any atom is -0.328 e. The zero-order valence-electron chi connectivity index (χ0n) is 11.9. The van der Waals surface area contributed by atoms with Gasteiger partial charge in [0.05, 0.1) is 4.34 Å². The third kappa shape index (κ3) is 6.74. The predicted octanol–water partition coefficient (Wildman–Crippen LogP) is 3.99. The fourth-order valence-corrected chi connectivity index (χ4v) is 3.22. The number of nitrogens with zero attached hydrogens (tertiary/aromatic N) is 1. The van der Waals surface area contributed by atoms with E-state index in [0.29, 0.717) is 11.5 Å². The van der Waals surface area contributed by atoms with E-state index >= 15 is 0 Å². The molecule has 1 aromatic rings. The predicted molar refractivity (Wildman–Crippen MR) is 82.3 cm³/mol. The van der Waals surface area contributed by atoms with Crippen molar-refractivity contribution in [3.63, 3.8) is 0 Å². The van der Waals surface area contributed by atoms with Crippen molar-refractivity contribution in [1.29, 1.82) is 0 Å². The van der Waals surface area contributed by atoms with Gasteiger partial charge < -0.3 is 10.6 Å². The van der Waals surface area contributed by atoms with Crippen molar-refractivity contribution >= 4 is 22.9 Å². The summed E-state index contributed by atoms with van der Waals surface area (Å²) >= 11 is 7.58. The summed E-state index contributed by atoms with van der Waals surface area (Å²) in [5.41, 5.74) is 6.48. The summed E-state index contributed by atoms with van der Waals surface area (Å²) in [5.74, 6) is 0. The molecule has 1 heterocycles. The van der Waals surface area contributed by atoms with E-state index < -0.39 is 0 Å². The van der Waals surface area contributed by atoms with Crippen molar-refractivity contribution in [2.24, 2.45) is 11.1 Å². The standard InChI is InChI=1S/C14H25ClN2S/c1-14(2,3)9-11(16)7-8-17(4)10-12-5-6-13(15)18-12/h5-6,11H,7-10,16H2,1-4H3. The van der Waals surface area contributed by atoms with Gasteiger partial charge in [-0.3, -0.25) is 0 Å². The van der Waals surface area contributed by atoms with E-state index in [4.69, 9.17) is 17.3 Å². The molecule has 1 aromatic heterocycles. The van der Waals surface area contributed by atoms with E-state index in [1.807, 2.05) is 6.07 Å². The van der Waals surface area contributed by atoms with Gasteiger partial charge in [-0.1, -0.05) is 32.4 Å². The second-order valence-corrected chi connectivity index (χ2v) is 8.06. The quantitative estimate of drug-likeness (QED) is 0.858. The third-order valence-corrected chi connectivity index (χ3v) is 4.03. The van der Waals surface area contributed by atoms with Crippen LogP contribution in [0.25, 0.3) is 0 Å². The van der Waals surface area contributed by atoms with Crippen molar-refractivity contribution in [3.8, 4) is 0 Å². The lowest BCUT2D eigenvalue weighted by molar-refractivity contribution is 0.279. The van der Waals surface area contributed by atoms with Gasteiger partial charge in [0.1, 0.15) is 0 Å². The molecule has 2 nitrogen and oxygen atoms in total. The maximum Gasteiger partial charge on any atom is 0.0931 e. The van der Waals surface area contributed by atoms with Crippen LogP contribution < -0.4 is 5.73 Å². The summed E-state index contributed by atoms with van der Waals surface area (Å²) < 4.78 is 0.864. The van der Waals surface area contributed by atoms with Crippen LogP contribution in [0.3, 0.4) is 0 Å². The van der Waals surface area contributed by atoms with E-state index in [1.165, 1.54) is 4.88 Å². The van der Waals surface area contributed by atoms with Gasteiger partial charge in [-0.2, -0.15) is 0 Å². The highest BCUT2D eigenvalue weighted by Gasteiger charge is 2.16. The molecule has 0 spiro atoms. The number of halogens is 1. The Morgan fingerprint density at radius 1 is 1.39 bits per heavy atom. The molecule has 0 radical (unpaired) electrons. The Hall–Kier alpha value is -0.0900. The molecule has 1 unspecified atom stereocenters. The monoisotopic (exact) mass is 288 g/mol. The van der Waals surface area contributed by atoms with E-state index in [-0.39, 0.29) is 0 Å². The van der Waals surface area contributed by atoms with Crippen molar-refractivity contribution in [1.82, 2.24) is 4.90 Å². The van der Waals surface area contributed by atoms with Crippen molar-refractivity contribution in [2.45, 2.75) is 46.2 Å². The summed E-state index contributed by atoms with van der Waals surface area (Å²) in [4.78, 5) is 3.62. The zero-order valence-corrected chi connectivity index (χ0v) is 13.4. The van der Waals surface area contributed by atoms with Crippen molar-refractivity contribution in [2.75, 3.05) is 13.6 Å². The smallest absolute Gasteiger partial charge is 0.0931 e. The van der Waals surface area contributed by atoms with Crippen molar-refractivity contribution in [3.05, 3.63) is 21.3 Å². The number of nitrogens with two attached hydrogens (primary N) is 1. The van der Waals surface area contributed by atoms with Crippen LogP contribution in [0.15, 0.2) is 12.1 Å². The molecular formula is C14H25ClN2S. The first kappa shape index (κ1) is 16.0. The SMILES string of the molecule is CN(CCC(N)CC(C)(C)C)Cc1ccc(Cl)s1. The summed E-state index contributed by atoms with van der Waals surface area (Å²) in [6.07, 6.45) is 2.12. The lowest BCUT2D eigenvalue weighted by Gasteiger charge is -2.25. The molecule has 0 amide bonds. The highest BCUT2D eigenvalue weighted by molar-refractivity contribution is 7.16. The second kappa shape index (κ2) is 6.90. The molecule has 0 fully saturated rings. The van der Waals surface area contributed by atoms with Crippen LogP contribution in [0.5, 0.6) is 0 Å². The van der Waals surface area contributed by atoms with Crippen LogP contribution in [0.2, 0.25) is 4.34 Å². The zero-order chi connectivity index (χ0) is 13.8. The lowest BCUT2D eigenvalue weighted by atomic mass is 9.87. The Labute approximate surface area is 120 Å². The number of thiophene rings is 1. The molecule has 1 rings (SSSR count). The third-order valence-electron chi connectivity index (χ3n) is 2.81. The summed E-state index contributed by atoms with van der Waals surface area (Å²) in [5, 5.41) is 0. The van der Waals surface area contributed by atoms with Gasteiger partial charge in [0.15, 0.2) is 0 Å². The number of hydrogen-bond donors (Lipinski definition) is 1. The largest absolute Gasteiger partial charge is 0.328 e. The van der Waals surface area contributed by atoms with Crippen LogP contribution >= 0.6 is 22.9 Å². The van der Waals surface area contributed by atoms with E-state index in [2.05, 4.69) is 38.8 Å². The fourth-order valence-electron chi connectivity index (χ4n) is 2.06. The molecule has 4 heteroatoms. The highest BCUT2D eigenvalue weighted by Crippen LogP contribution is 2.23. The lowest BCUT2D eigenvalue weighted by Crippen LogP contribution is -2.31. The molecule has 104 valence electrons. The summed E-state index contributed by atoms with van der Waals surface area (Å²) in [6, 6.07) is 4.35. The molecule has 2 N–H and O–H groups in total. The Morgan fingerprint density at radius 3 is 2.56 bits per heavy atom. The second-order valence-electron chi connectivity index (χ2n) is 6.26. The summed E-state index contributed by atoms with van der Waals surface area (Å²) in [6.45, 7) is 8.71. The van der Waals surface area contributed by atoms with Crippen LogP contribution in [0.4, 0.5) is 0 Å². The van der Waals surface area contributed by atoms with Gasteiger partial charge in [-0.15, -0.1) is 11.3 Å². The topological polar surface area (TPSA) is 29.3 Å². The van der Waals surface area contributed by atoms with Crippen LogP contribution in [-0.2, 0) is 6.54 Å². The first-order chi connectivity index (χ1) is 8.26. The first-order valence-corrected chi connectivity index (χ1v) is 7.64. The summed E-state index contributed by atoms with van der Waals surface area (Å²) in [7, 11) is 2.14. The average molecular weight is 289 g/mol. The van der Waals surface area contributed by atoms with E-state index in [1.54, 1.807) is 11.3 Å². The first-order valence-electron chi connectivity index (χ1n) is 6.44. The molecule has 0 aliphatic carbocycles. The molecule has 0 saturated carbocycles. The molecule has 1 atom stereocenters. The Balaban J connectivity index is 2.26. The van der Waals surface area contributed by atoms with Crippen molar-refractivity contribution < 1.29 is 0 Å². The number of rotatable bonds is 6. The average Bonchev–Trinajstić information content (AvgIpc) is 2.58. The van der Waals surface area contributed by atoms with Crippen LogP contribution in [0, 0.1) is 5.41 Å². The van der Waals surface area contributed by atoms with Gasteiger partial charge in [0.25, 0.3) is 0 Å². The molecule has 0 aliphatic rings. The normalized spacial score (nSPS) is 14.2. The van der Waals surface area contributed by atoms with E-state index in [9.17, 15) is 0 Å². The molecule has 0 saturated heterocycles. The molecular weight excluding hydrogens is 264 g/mol. The number of hydrogen-bond acceptors (Lipinski definition) is 3. The van der Waals surface area contributed by atoms with Gasteiger partial charge in [-0.25, -0.2) is 0 Å². The van der Waals surface area contributed by atoms with Gasteiger partial charge in [0, 0.05) is 17.5 Å². The minimum absolute atomic E-state index is 0.291. The van der Waals surface area contributed by atoms with Crippen LogP contribution in [-0.4, -0.2) is 24.5 Å². The molecule has 0 aromatic carbocycles. The maximum absolute atomic E-state index is 6.16. The van der Waals surface area contributed by atoms with E-state index in [0.717, 1.165) is 30.3 Å². The molecule has 18 heavy (non-hydrogen) atoms.